The second-order valence-corrected chi connectivity index (χ2v) is 8.37. The van der Waals surface area contributed by atoms with Crippen LogP contribution in [0.3, 0.4) is 0 Å². The average Bonchev–Trinajstić information content (AvgIpc) is 3.16. The van der Waals surface area contributed by atoms with Crippen LogP contribution in [0.2, 0.25) is 5.02 Å². The Bertz CT molecular complexity index is 1110. The molecule has 11 heteroatoms. The highest BCUT2D eigenvalue weighted by Gasteiger charge is 2.23. The van der Waals surface area contributed by atoms with Gasteiger partial charge in [-0.2, -0.15) is 10.1 Å². The van der Waals surface area contributed by atoms with E-state index in [2.05, 4.69) is 41.8 Å². The molecule has 0 bridgehead atoms. The molecule has 0 radical (unpaired) electrons. The standard InChI is InChI=1S/C21H26ClN9O/c1-12-9-19(30-29-12)26-20-16(22)10-24-21(28-20)27-18-4-3-15(13(2)25-18)14-5-7-31(8-6-14)11-17(23)32/h3-4,9-10,14H,5-8,11H2,1-2H3,(H2,23,32)(H3,24,25,26,27,28,29,30). The van der Waals surface area contributed by atoms with Crippen LogP contribution in [0.4, 0.5) is 23.4 Å². The highest BCUT2D eigenvalue weighted by molar-refractivity contribution is 6.32. The van der Waals surface area contributed by atoms with Crippen LogP contribution in [0.15, 0.2) is 24.4 Å². The van der Waals surface area contributed by atoms with E-state index in [1.54, 1.807) is 0 Å². The van der Waals surface area contributed by atoms with Crippen LogP contribution in [0.1, 0.15) is 35.7 Å². The summed E-state index contributed by atoms with van der Waals surface area (Å²) in [5.74, 6) is 2.24. The summed E-state index contributed by atoms with van der Waals surface area (Å²) in [6.07, 6.45) is 3.48. The van der Waals surface area contributed by atoms with Gasteiger partial charge in [-0.1, -0.05) is 17.7 Å². The van der Waals surface area contributed by atoms with E-state index in [1.807, 2.05) is 26.0 Å². The van der Waals surface area contributed by atoms with Crippen molar-refractivity contribution in [3.8, 4) is 0 Å². The monoisotopic (exact) mass is 455 g/mol. The number of carbonyl (C=O) groups is 1. The highest BCUT2D eigenvalue weighted by Crippen LogP contribution is 2.31. The van der Waals surface area contributed by atoms with Crippen molar-refractivity contribution >= 4 is 40.9 Å². The van der Waals surface area contributed by atoms with Crippen molar-refractivity contribution in [3.05, 3.63) is 46.4 Å². The number of anilines is 4. The Morgan fingerprint density at radius 3 is 2.66 bits per heavy atom. The van der Waals surface area contributed by atoms with E-state index in [9.17, 15) is 4.79 Å². The fraction of sp³-hybridized carbons (Fsp3) is 0.381. The predicted octanol–water partition coefficient (Wildman–Crippen LogP) is 3.02. The molecule has 0 unspecified atom stereocenters. The first-order valence-electron chi connectivity index (χ1n) is 10.4. The molecule has 0 aromatic carbocycles. The van der Waals surface area contributed by atoms with Crippen LogP contribution in [-0.2, 0) is 4.79 Å². The molecule has 0 aliphatic carbocycles. The van der Waals surface area contributed by atoms with Gasteiger partial charge in [0.2, 0.25) is 11.9 Å². The van der Waals surface area contributed by atoms with Gasteiger partial charge >= 0.3 is 0 Å². The van der Waals surface area contributed by atoms with Crippen LogP contribution in [-0.4, -0.2) is 55.6 Å². The number of aryl methyl sites for hydroxylation is 2. The van der Waals surface area contributed by atoms with Gasteiger partial charge in [0.1, 0.15) is 10.8 Å². The van der Waals surface area contributed by atoms with Crippen molar-refractivity contribution in [2.75, 3.05) is 30.3 Å². The maximum absolute atomic E-state index is 11.1. The van der Waals surface area contributed by atoms with Crippen molar-refractivity contribution in [2.45, 2.75) is 32.6 Å². The number of likely N-dealkylation sites (tertiary alicyclic amines) is 1. The first kappa shape index (κ1) is 22.0. The third kappa shape index (κ3) is 5.32. The molecule has 0 spiro atoms. The van der Waals surface area contributed by atoms with Crippen LogP contribution in [0.5, 0.6) is 0 Å². The molecule has 1 amide bonds. The number of hydrogen-bond donors (Lipinski definition) is 4. The maximum Gasteiger partial charge on any atom is 0.231 e. The van der Waals surface area contributed by atoms with E-state index in [-0.39, 0.29) is 5.91 Å². The minimum absolute atomic E-state index is 0.279. The fourth-order valence-electron chi connectivity index (χ4n) is 3.93. The first-order chi connectivity index (χ1) is 15.4. The smallest absolute Gasteiger partial charge is 0.231 e. The minimum atomic E-state index is -0.279. The number of aromatic amines is 1. The van der Waals surface area contributed by atoms with Crippen molar-refractivity contribution < 1.29 is 4.79 Å². The Morgan fingerprint density at radius 2 is 2.00 bits per heavy atom. The SMILES string of the molecule is Cc1cc(Nc2nc(Nc3ccc(C4CCN(CC(N)=O)CC4)c(C)n3)ncc2Cl)n[nH]1. The Morgan fingerprint density at radius 1 is 1.22 bits per heavy atom. The second kappa shape index (κ2) is 9.49. The van der Waals surface area contributed by atoms with E-state index in [1.165, 1.54) is 11.8 Å². The molecular weight excluding hydrogens is 430 g/mol. The largest absolute Gasteiger partial charge is 0.369 e. The highest BCUT2D eigenvalue weighted by atomic mass is 35.5. The number of nitrogens with zero attached hydrogens (tertiary/aromatic N) is 5. The van der Waals surface area contributed by atoms with Gasteiger partial charge in [0.05, 0.1) is 12.7 Å². The van der Waals surface area contributed by atoms with Gasteiger partial charge in [0.25, 0.3) is 0 Å². The Balaban J connectivity index is 1.43. The molecule has 32 heavy (non-hydrogen) atoms. The van der Waals surface area contributed by atoms with Gasteiger partial charge in [-0.25, -0.2) is 9.97 Å². The molecule has 168 valence electrons. The molecule has 1 saturated heterocycles. The molecule has 1 aliphatic rings. The molecule has 0 saturated carbocycles. The van der Waals surface area contributed by atoms with Crippen LogP contribution >= 0.6 is 11.6 Å². The van der Waals surface area contributed by atoms with Crippen molar-refractivity contribution in [1.82, 2.24) is 30.0 Å². The molecule has 3 aromatic heterocycles. The number of carbonyl (C=O) groups excluding carboxylic acids is 1. The number of halogens is 1. The van der Waals surface area contributed by atoms with Crippen LogP contribution in [0.25, 0.3) is 0 Å². The minimum Gasteiger partial charge on any atom is -0.369 e. The lowest BCUT2D eigenvalue weighted by molar-refractivity contribution is -0.119. The van der Waals surface area contributed by atoms with E-state index in [0.717, 1.165) is 37.3 Å². The van der Waals surface area contributed by atoms with Gasteiger partial charge in [-0.15, -0.1) is 0 Å². The first-order valence-corrected chi connectivity index (χ1v) is 10.8. The zero-order valence-corrected chi connectivity index (χ0v) is 18.8. The zero-order valence-electron chi connectivity index (χ0n) is 18.0. The quantitative estimate of drug-likeness (QED) is 0.426. The summed E-state index contributed by atoms with van der Waals surface area (Å²) in [7, 11) is 0. The van der Waals surface area contributed by atoms with Gasteiger partial charge < -0.3 is 16.4 Å². The predicted molar refractivity (Wildman–Crippen MR) is 124 cm³/mol. The number of amides is 1. The van der Waals surface area contributed by atoms with Crippen LogP contribution in [0, 0.1) is 13.8 Å². The summed E-state index contributed by atoms with van der Waals surface area (Å²) in [6, 6.07) is 5.88. The van der Waals surface area contributed by atoms with Gasteiger partial charge in [0.15, 0.2) is 11.6 Å². The summed E-state index contributed by atoms with van der Waals surface area (Å²) >= 11 is 6.23. The molecule has 4 rings (SSSR count). The number of aromatic nitrogens is 5. The lowest BCUT2D eigenvalue weighted by Crippen LogP contribution is -2.39. The summed E-state index contributed by atoms with van der Waals surface area (Å²) in [5, 5.41) is 13.6. The normalized spacial score (nSPS) is 15.0. The molecule has 0 atom stereocenters. The third-order valence-corrected chi connectivity index (χ3v) is 5.75. The number of hydrogen-bond acceptors (Lipinski definition) is 8. The molecule has 1 fully saturated rings. The number of primary amides is 1. The van der Waals surface area contributed by atoms with Gasteiger partial charge in [0, 0.05) is 17.5 Å². The lowest BCUT2D eigenvalue weighted by atomic mass is 9.88. The fourth-order valence-corrected chi connectivity index (χ4v) is 4.07. The summed E-state index contributed by atoms with van der Waals surface area (Å²) in [5.41, 5.74) is 8.42. The Kier molecular flexibility index (Phi) is 6.52. The van der Waals surface area contributed by atoms with Crippen molar-refractivity contribution in [1.29, 1.82) is 0 Å². The second-order valence-electron chi connectivity index (χ2n) is 7.96. The Labute approximate surface area is 191 Å². The third-order valence-electron chi connectivity index (χ3n) is 5.47. The summed E-state index contributed by atoms with van der Waals surface area (Å²) in [4.78, 5) is 26.6. The number of piperidine rings is 1. The summed E-state index contributed by atoms with van der Waals surface area (Å²) < 4.78 is 0. The maximum atomic E-state index is 11.1. The van der Waals surface area contributed by atoms with Crippen molar-refractivity contribution in [2.24, 2.45) is 5.73 Å². The van der Waals surface area contributed by atoms with E-state index < -0.39 is 0 Å². The van der Waals surface area contributed by atoms with Crippen molar-refractivity contribution in [3.63, 3.8) is 0 Å². The van der Waals surface area contributed by atoms with E-state index in [4.69, 9.17) is 22.3 Å². The molecule has 1 aliphatic heterocycles. The Hall–Kier alpha value is -3.24. The molecule has 10 nitrogen and oxygen atoms in total. The average molecular weight is 456 g/mol. The van der Waals surface area contributed by atoms with Gasteiger partial charge in [-0.05, 0) is 57.3 Å². The molecular formula is C21H26ClN9O. The number of pyridine rings is 1. The van der Waals surface area contributed by atoms with Crippen LogP contribution < -0.4 is 16.4 Å². The number of nitrogens with one attached hydrogen (secondary N) is 3. The van der Waals surface area contributed by atoms with E-state index in [0.29, 0.717) is 40.9 Å². The van der Waals surface area contributed by atoms with E-state index >= 15 is 0 Å². The zero-order chi connectivity index (χ0) is 22.7. The number of H-pyrrole nitrogens is 1. The summed E-state index contributed by atoms with van der Waals surface area (Å²) in [6.45, 7) is 5.96. The topological polar surface area (TPSA) is 138 Å². The van der Waals surface area contributed by atoms with Gasteiger partial charge in [-0.3, -0.25) is 14.8 Å². The molecule has 5 N–H and O–H groups in total. The number of rotatable bonds is 7. The number of nitrogens with two attached hydrogens (primary N) is 1. The molecule has 4 heterocycles. The molecule has 3 aromatic rings. The lowest BCUT2D eigenvalue weighted by Gasteiger charge is -2.31.